The Hall–Kier alpha value is -0.930. The van der Waals surface area contributed by atoms with Crippen LogP contribution in [0.1, 0.15) is 5.56 Å². The largest absolute Gasteiger partial charge is 0.416 e. The first-order chi connectivity index (χ1) is 10.6. The maximum absolute atomic E-state index is 12.6. The Morgan fingerprint density at radius 3 is 2.61 bits per heavy atom. The molecule has 0 unspecified atom stereocenters. The van der Waals surface area contributed by atoms with E-state index in [1.165, 1.54) is 12.1 Å². The molecule has 23 heavy (non-hydrogen) atoms. The van der Waals surface area contributed by atoms with Gasteiger partial charge in [-0.25, -0.2) is 8.42 Å². The van der Waals surface area contributed by atoms with Crippen molar-refractivity contribution in [3.8, 4) is 0 Å². The summed E-state index contributed by atoms with van der Waals surface area (Å²) in [5, 5.41) is 1.81. The van der Waals surface area contributed by atoms with Crippen LogP contribution in [0.4, 0.5) is 13.2 Å². The normalized spacial score (nSPS) is 23.7. The van der Waals surface area contributed by atoms with Crippen molar-refractivity contribution in [3.63, 3.8) is 0 Å². The van der Waals surface area contributed by atoms with Crippen LogP contribution in [0.25, 0.3) is 0 Å². The molecule has 1 aromatic rings. The molecule has 0 spiro atoms. The van der Waals surface area contributed by atoms with Gasteiger partial charge in [-0.05, 0) is 18.2 Å². The lowest BCUT2D eigenvalue weighted by molar-refractivity contribution is -0.137. The molecule has 4 nitrogen and oxygen atoms in total. The Bertz CT molecular complexity index is 694. The minimum Gasteiger partial charge on any atom is -0.350 e. The molecule has 1 fully saturated rings. The van der Waals surface area contributed by atoms with Gasteiger partial charge in [-0.2, -0.15) is 13.2 Å². The predicted octanol–water partition coefficient (Wildman–Crippen LogP) is 2.32. The number of sulfone groups is 1. The topological polar surface area (TPSA) is 63.2 Å². The van der Waals surface area contributed by atoms with Gasteiger partial charge < -0.3 is 5.32 Å². The van der Waals surface area contributed by atoms with Crippen molar-refractivity contribution in [1.29, 1.82) is 0 Å². The van der Waals surface area contributed by atoms with E-state index >= 15 is 0 Å². The molecule has 1 heterocycles. The molecule has 2 atom stereocenters. The van der Waals surface area contributed by atoms with Crippen molar-refractivity contribution >= 4 is 39.1 Å². The van der Waals surface area contributed by atoms with E-state index in [4.69, 9.17) is 11.6 Å². The summed E-state index contributed by atoms with van der Waals surface area (Å²) in [6.07, 6.45) is -4.44. The third kappa shape index (κ3) is 5.29. The fourth-order valence-corrected chi connectivity index (χ4v) is 5.41. The number of hydrogen-bond donors (Lipinski definition) is 1. The summed E-state index contributed by atoms with van der Waals surface area (Å²) in [6, 6.07) is 3.98. The number of carbonyl (C=O) groups is 1. The van der Waals surface area contributed by atoms with E-state index in [1.54, 1.807) is 0 Å². The number of halogens is 4. The van der Waals surface area contributed by atoms with Gasteiger partial charge in [-0.3, -0.25) is 4.79 Å². The fraction of sp³-hybridized carbons (Fsp3) is 0.462. The highest BCUT2D eigenvalue weighted by molar-refractivity contribution is 8.00. The Balaban J connectivity index is 1.90. The molecule has 0 bridgehead atoms. The Morgan fingerprint density at radius 2 is 2.04 bits per heavy atom. The molecule has 1 aliphatic rings. The Kier molecular flexibility index (Phi) is 5.52. The monoisotopic (exact) mass is 387 g/mol. The first kappa shape index (κ1) is 18.4. The fourth-order valence-electron chi connectivity index (χ4n) is 2.10. The van der Waals surface area contributed by atoms with Gasteiger partial charge in [-0.1, -0.05) is 6.07 Å². The van der Waals surface area contributed by atoms with Crippen LogP contribution in [-0.2, 0) is 20.8 Å². The maximum atomic E-state index is 12.6. The molecule has 1 aliphatic heterocycles. The van der Waals surface area contributed by atoms with Crippen molar-refractivity contribution < 1.29 is 26.4 Å². The maximum Gasteiger partial charge on any atom is 0.416 e. The number of thioether (sulfide) groups is 1. The number of benzene rings is 1. The van der Waals surface area contributed by atoms with Gasteiger partial charge in [0, 0.05) is 4.90 Å². The molecule has 1 N–H and O–H groups in total. The molecule has 10 heteroatoms. The molecule has 0 saturated carbocycles. The van der Waals surface area contributed by atoms with Crippen molar-refractivity contribution in [2.45, 2.75) is 22.5 Å². The quantitative estimate of drug-likeness (QED) is 0.636. The van der Waals surface area contributed by atoms with Crippen LogP contribution < -0.4 is 5.32 Å². The molecule has 0 aliphatic carbocycles. The molecule has 128 valence electrons. The van der Waals surface area contributed by atoms with Gasteiger partial charge in [0.05, 0.1) is 34.2 Å². The van der Waals surface area contributed by atoms with Crippen molar-refractivity contribution in [1.82, 2.24) is 5.32 Å². The lowest BCUT2D eigenvalue weighted by Crippen LogP contribution is -2.41. The second kappa shape index (κ2) is 6.90. The minimum absolute atomic E-state index is 0.124. The van der Waals surface area contributed by atoms with Crippen LogP contribution in [0.3, 0.4) is 0 Å². The van der Waals surface area contributed by atoms with Gasteiger partial charge in [-0.15, -0.1) is 23.4 Å². The zero-order valence-electron chi connectivity index (χ0n) is 11.6. The highest BCUT2D eigenvalue weighted by Gasteiger charge is 2.37. The first-order valence-electron chi connectivity index (χ1n) is 6.51. The molecule has 1 aromatic carbocycles. The van der Waals surface area contributed by atoms with Gasteiger partial charge >= 0.3 is 6.18 Å². The second-order valence-electron chi connectivity index (χ2n) is 5.08. The lowest BCUT2D eigenvalue weighted by Gasteiger charge is -2.14. The summed E-state index contributed by atoms with van der Waals surface area (Å²) in [7, 11) is -3.26. The number of hydrogen-bond acceptors (Lipinski definition) is 4. The van der Waals surface area contributed by atoms with E-state index in [2.05, 4.69) is 5.32 Å². The molecule has 1 amide bonds. The number of nitrogens with one attached hydrogen (secondary N) is 1. The summed E-state index contributed by atoms with van der Waals surface area (Å²) < 4.78 is 60.6. The van der Waals surface area contributed by atoms with Crippen LogP contribution in [0.5, 0.6) is 0 Å². The van der Waals surface area contributed by atoms with Gasteiger partial charge in [0.2, 0.25) is 5.91 Å². The van der Waals surface area contributed by atoms with Gasteiger partial charge in [0.15, 0.2) is 9.84 Å². The summed E-state index contributed by atoms with van der Waals surface area (Å²) >= 11 is 6.81. The zero-order valence-corrected chi connectivity index (χ0v) is 14.0. The molecule has 0 radical (unpaired) electrons. The summed E-state index contributed by atoms with van der Waals surface area (Å²) in [4.78, 5) is 12.1. The minimum atomic E-state index is -4.44. The van der Waals surface area contributed by atoms with E-state index in [0.29, 0.717) is 4.90 Å². The Morgan fingerprint density at radius 1 is 1.35 bits per heavy atom. The number of rotatable bonds is 4. The molecular formula is C13H13ClF3NO3S2. The van der Waals surface area contributed by atoms with Gasteiger partial charge in [0.1, 0.15) is 0 Å². The third-order valence-electron chi connectivity index (χ3n) is 3.16. The van der Waals surface area contributed by atoms with Crippen LogP contribution >= 0.6 is 23.4 Å². The average Bonchev–Trinajstić information content (AvgIpc) is 2.68. The van der Waals surface area contributed by atoms with E-state index in [9.17, 15) is 26.4 Å². The summed E-state index contributed by atoms with van der Waals surface area (Å²) in [5.41, 5.74) is -0.786. The summed E-state index contributed by atoms with van der Waals surface area (Å²) in [6.45, 7) is 0. The average molecular weight is 388 g/mol. The first-order valence-corrected chi connectivity index (χ1v) is 9.75. The standard InChI is InChI=1S/C13H13ClF3NO3S2/c14-10-6-23(20,21)7-11(10)18-12(19)5-22-9-3-1-2-8(4-9)13(15,16)17/h1-4,10-11H,5-7H2,(H,18,19)/t10-,11+/m0/s1. The van der Waals surface area contributed by atoms with Crippen molar-refractivity contribution in [3.05, 3.63) is 29.8 Å². The van der Waals surface area contributed by atoms with Crippen LogP contribution in [0.15, 0.2) is 29.2 Å². The van der Waals surface area contributed by atoms with E-state index in [1.807, 2.05) is 0 Å². The highest BCUT2D eigenvalue weighted by atomic mass is 35.5. The zero-order chi connectivity index (χ0) is 17.3. The van der Waals surface area contributed by atoms with Crippen LogP contribution in [-0.4, -0.2) is 43.0 Å². The SMILES string of the molecule is O=C(CSc1cccc(C(F)(F)F)c1)N[C@@H]1CS(=O)(=O)C[C@@H]1Cl. The van der Waals surface area contributed by atoms with Crippen LogP contribution in [0.2, 0.25) is 0 Å². The highest BCUT2D eigenvalue weighted by Crippen LogP contribution is 2.31. The molecule has 0 aromatic heterocycles. The van der Waals surface area contributed by atoms with E-state index in [0.717, 1.165) is 23.9 Å². The summed E-state index contributed by atoms with van der Waals surface area (Å²) in [5.74, 6) is -1.01. The Labute approximate surface area is 140 Å². The third-order valence-corrected chi connectivity index (χ3v) is 6.53. The molecule has 2 rings (SSSR count). The molecular weight excluding hydrogens is 375 g/mol. The van der Waals surface area contributed by atoms with Crippen LogP contribution in [0, 0.1) is 0 Å². The number of carbonyl (C=O) groups excluding carboxylic acids is 1. The number of alkyl halides is 4. The van der Waals surface area contributed by atoms with Crippen molar-refractivity contribution in [2.24, 2.45) is 0 Å². The lowest BCUT2D eigenvalue weighted by atomic mass is 10.2. The van der Waals surface area contributed by atoms with E-state index in [-0.39, 0.29) is 17.3 Å². The van der Waals surface area contributed by atoms with Crippen molar-refractivity contribution in [2.75, 3.05) is 17.3 Å². The smallest absolute Gasteiger partial charge is 0.350 e. The predicted molar refractivity (Wildman–Crippen MR) is 82.4 cm³/mol. The number of amides is 1. The van der Waals surface area contributed by atoms with Gasteiger partial charge in [0.25, 0.3) is 0 Å². The van der Waals surface area contributed by atoms with E-state index < -0.39 is 38.9 Å². The molecule has 1 saturated heterocycles. The second-order valence-corrected chi connectivity index (χ2v) is 8.84.